The Morgan fingerprint density at radius 3 is 2.71 bits per heavy atom. The van der Waals surface area contributed by atoms with E-state index in [1.54, 1.807) is 12.1 Å². The van der Waals surface area contributed by atoms with Gasteiger partial charge < -0.3 is 15.8 Å². The predicted molar refractivity (Wildman–Crippen MR) is 88.0 cm³/mol. The zero-order chi connectivity index (χ0) is 15.5. The average molecular weight is 313 g/mol. The number of nitrogens with two attached hydrogens (primary N) is 1. The first-order valence-corrected chi connectivity index (χ1v) is 7.97. The van der Waals surface area contributed by atoms with Crippen LogP contribution in [0.2, 0.25) is 5.02 Å². The van der Waals surface area contributed by atoms with E-state index in [9.17, 15) is 4.79 Å². The third-order valence-electron chi connectivity index (χ3n) is 3.04. The molecule has 0 unspecified atom stereocenters. The van der Waals surface area contributed by atoms with Crippen LogP contribution in [0, 0.1) is 0 Å². The number of nitrogens with one attached hydrogen (secondary N) is 1. The monoisotopic (exact) mass is 312 g/mol. The zero-order valence-corrected chi connectivity index (χ0v) is 13.4. The Morgan fingerprint density at radius 1 is 1.29 bits per heavy atom. The molecule has 1 aromatic carbocycles. The molecule has 0 heterocycles. The summed E-state index contributed by atoms with van der Waals surface area (Å²) in [5.74, 6) is 0.666. The van der Waals surface area contributed by atoms with E-state index in [1.807, 2.05) is 13.0 Å². The molecule has 1 aromatic rings. The summed E-state index contributed by atoms with van der Waals surface area (Å²) in [5.41, 5.74) is 6.13. The molecule has 21 heavy (non-hydrogen) atoms. The van der Waals surface area contributed by atoms with E-state index < -0.39 is 0 Å². The van der Waals surface area contributed by atoms with Crippen LogP contribution in [0.15, 0.2) is 18.2 Å². The standard InChI is InChI=1S/C16H25ClN2O2/c1-2-11-21-15-9-8-13(12-14(15)17)19-16(20)7-5-3-4-6-10-18/h8-9,12H,2-7,10-11,18H2,1H3,(H,19,20). The average Bonchev–Trinajstić information content (AvgIpc) is 2.46. The fourth-order valence-electron chi connectivity index (χ4n) is 1.91. The number of hydrogen-bond donors (Lipinski definition) is 2. The van der Waals surface area contributed by atoms with Gasteiger partial charge in [-0.1, -0.05) is 31.4 Å². The number of anilines is 1. The maximum absolute atomic E-state index is 11.8. The molecule has 0 saturated carbocycles. The second kappa shape index (κ2) is 10.5. The van der Waals surface area contributed by atoms with Gasteiger partial charge in [0.2, 0.25) is 5.91 Å². The fraction of sp³-hybridized carbons (Fsp3) is 0.562. The van der Waals surface area contributed by atoms with Crippen LogP contribution in [0.4, 0.5) is 5.69 Å². The lowest BCUT2D eigenvalue weighted by Crippen LogP contribution is -2.11. The molecular formula is C16H25ClN2O2. The van der Waals surface area contributed by atoms with Crippen molar-refractivity contribution < 1.29 is 9.53 Å². The van der Waals surface area contributed by atoms with Crippen LogP contribution in [0.25, 0.3) is 0 Å². The molecule has 0 bridgehead atoms. The van der Waals surface area contributed by atoms with E-state index in [1.165, 1.54) is 0 Å². The maximum atomic E-state index is 11.8. The van der Waals surface area contributed by atoms with Gasteiger partial charge in [-0.05, 0) is 44.0 Å². The van der Waals surface area contributed by atoms with Crippen molar-refractivity contribution in [2.45, 2.75) is 45.4 Å². The van der Waals surface area contributed by atoms with Gasteiger partial charge in [0, 0.05) is 12.1 Å². The van der Waals surface area contributed by atoms with Gasteiger partial charge in [-0.2, -0.15) is 0 Å². The Hall–Kier alpha value is -1.26. The molecule has 0 aromatic heterocycles. The number of hydrogen-bond acceptors (Lipinski definition) is 3. The lowest BCUT2D eigenvalue weighted by molar-refractivity contribution is -0.116. The minimum Gasteiger partial charge on any atom is -0.492 e. The van der Waals surface area contributed by atoms with Gasteiger partial charge in [0.25, 0.3) is 0 Å². The Balaban J connectivity index is 2.37. The second-order valence-electron chi connectivity index (χ2n) is 4.99. The molecular weight excluding hydrogens is 288 g/mol. The van der Waals surface area contributed by atoms with Crippen LogP contribution in [0.1, 0.15) is 45.4 Å². The first-order valence-electron chi connectivity index (χ1n) is 7.59. The molecule has 118 valence electrons. The third kappa shape index (κ3) is 7.34. The summed E-state index contributed by atoms with van der Waals surface area (Å²) in [7, 11) is 0. The Morgan fingerprint density at radius 2 is 2.05 bits per heavy atom. The van der Waals surface area contributed by atoms with E-state index in [0.717, 1.165) is 38.6 Å². The van der Waals surface area contributed by atoms with E-state index in [0.29, 0.717) is 29.5 Å². The molecule has 5 heteroatoms. The molecule has 4 nitrogen and oxygen atoms in total. The molecule has 0 aliphatic carbocycles. The van der Waals surface area contributed by atoms with Crippen molar-refractivity contribution in [2.24, 2.45) is 5.73 Å². The SMILES string of the molecule is CCCOc1ccc(NC(=O)CCCCCCN)cc1Cl. The lowest BCUT2D eigenvalue weighted by Gasteiger charge is -2.10. The van der Waals surface area contributed by atoms with Crippen LogP contribution in [-0.4, -0.2) is 19.1 Å². The topological polar surface area (TPSA) is 64.3 Å². The molecule has 0 spiro atoms. The normalized spacial score (nSPS) is 10.4. The molecule has 0 aliphatic heterocycles. The highest BCUT2D eigenvalue weighted by atomic mass is 35.5. The van der Waals surface area contributed by atoms with E-state index in [4.69, 9.17) is 22.1 Å². The van der Waals surface area contributed by atoms with Crippen LogP contribution < -0.4 is 15.8 Å². The van der Waals surface area contributed by atoms with Crippen molar-refractivity contribution in [3.63, 3.8) is 0 Å². The molecule has 1 rings (SSSR count). The summed E-state index contributed by atoms with van der Waals surface area (Å²) in [6.07, 6.45) is 5.48. The summed E-state index contributed by atoms with van der Waals surface area (Å²) in [6, 6.07) is 5.32. The second-order valence-corrected chi connectivity index (χ2v) is 5.40. The summed E-state index contributed by atoms with van der Waals surface area (Å²) in [6.45, 7) is 3.39. The summed E-state index contributed by atoms with van der Waals surface area (Å²) >= 11 is 6.12. The largest absolute Gasteiger partial charge is 0.492 e. The maximum Gasteiger partial charge on any atom is 0.224 e. The smallest absolute Gasteiger partial charge is 0.224 e. The molecule has 0 atom stereocenters. The number of carbonyl (C=O) groups excluding carboxylic acids is 1. The quantitative estimate of drug-likeness (QED) is 0.642. The third-order valence-corrected chi connectivity index (χ3v) is 3.33. The minimum absolute atomic E-state index is 0.0149. The lowest BCUT2D eigenvalue weighted by atomic mass is 10.1. The predicted octanol–water partition coefficient (Wildman–Crippen LogP) is 3.98. The van der Waals surface area contributed by atoms with E-state index in [2.05, 4.69) is 5.32 Å². The first kappa shape index (κ1) is 17.8. The highest BCUT2D eigenvalue weighted by Crippen LogP contribution is 2.27. The van der Waals surface area contributed by atoms with Gasteiger partial charge in [-0.25, -0.2) is 0 Å². The molecule has 3 N–H and O–H groups in total. The number of ether oxygens (including phenoxy) is 1. The van der Waals surface area contributed by atoms with Crippen molar-refractivity contribution in [2.75, 3.05) is 18.5 Å². The van der Waals surface area contributed by atoms with Gasteiger partial charge in [0.05, 0.1) is 11.6 Å². The molecule has 0 radical (unpaired) electrons. The van der Waals surface area contributed by atoms with Crippen molar-refractivity contribution in [1.29, 1.82) is 0 Å². The van der Waals surface area contributed by atoms with Crippen molar-refractivity contribution in [1.82, 2.24) is 0 Å². The number of rotatable bonds is 10. The van der Waals surface area contributed by atoms with E-state index >= 15 is 0 Å². The van der Waals surface area contributed by atoms with Crippen molar-refractivity contribution >= 4 is 23.2 Å². The van der Waals surface area contributed by atoms with Gasteiger partial charge in [0.15, 0.2) is 0 Å². The zero-order valence-electron chi connectivity index (χ0n) is 12.7. The van der Waals surface area contributed by atoms with Gasteiger partial charge in [0.1, 0.15) is 5.75 Å². The molecule has 0 saturated heterocycles. The van der Waals surface area contributed by atoms with Gasteiger partial charge in [-0.3, -0.25) is 4.79 Å². The minimum atomic E-state index is 0.0149. The summed E-state index contributed by atoms with van der Waals surface area (Å²) in [4.78, 5) is 11.8. The van der Waals surface area contributed by atoms with Crippen LogP contribution in [-0.2, 0) is 4.79 Å². The Kier molecular flexibility index (Phi) is 8.87. The van der Waals surface area contributed by atoms with E-state index in [-0.39, 0.29) is 5.91 Å². The molecule has 0 aliphatic rings. The molecule has 1 amide bonds. The fourth-order valence-corrected chi connectivity index (χ4v) is 2.15. The number of halogens is 1. The number of unbranched alkanes of at least 4 members (excludes halogenated alkanes) is 3. The number of benzene rings is 1. The van der Waals surface area contributed by atoms with Gasteiger partial charge in [-0.15, -0.1) is 0 Å². The van der Waals surface area contributed by atoms with Crippen LogP contribution >= 0.6 is 11.6 Å². The van der Waals surface area contributed by atoms with Crippen LogP contribution in [0.5, 0.6) is 5.75 Å². The van der Waals surface area contributed by atoms with Gasteiger partial charge >= 0.3 is 0 Å². The number of carbonyl (C=O) groups is 1. The highest BCUT2D eigenvalue weighted by molar-refractivity contribution is 6.32. The van der Waals surface area contributed by atoms with Crippen molar-refractivity contribution in [3.05, 3.63) is 23.2 Å². The Labute approximate surface area is 132 Å². The highest BCUT2D eigenvalue weighted by Gasteiger charge is 2.06. The Bertz CT molecular complexity index is 438. The molecule has 0 fully saturated rings. The first-order chi connectivity index (χ1) is 10.2. The summed E-state index contributed by atoms with van der Waals surface area (Å²) < 4.78 is 5.49. The number of amides is 1. The van der Waals surface area contributed by atoms with Crippen LogP contribution in [0.3, 0.4) is 0 Å². The van der Waals surface area contributed by atoms with Crippen molar-refractivity contribution in [3.8, 4) is 5.75 Å². The summed E-state index contributed by atoms with van der Waals surface area (Å²) in [5, 5.41) is 3.37.